The zero-order valence-corrected chi connectivity index (χ0v) is 12.4. The van der Waals surface area contributed by atoms with Gasteiger partial charge in [0.2, 0.25) is 0 Å². The van der Waals surface area contributed by atoms with Crippen LogP contribution in [0.5, 0.6) is 5.75 Å². The normalized spacial score (nSPS) is 35.6. The Bertz CT molecular complexity index is 476. The molecular weight excluding hydrogens is 232 g/mol. The van der Waals surface area contributed by atoms with Crippen molar-refractivity contribution < 1.29 is 4.74 Å². The van der Waals surface area contributed by atoms with E-state index >= 15 is 0 Å². The van der Waals surface area contributed by atoms with Crippen LogP contribution in [0.3, 0.4) is 0 Å². The van der Waals surface area contributed by atoms with Crippen LogP contribution in [0, 0.1) is 23.7 Å². The average Bonchev–Trinajstić information content (AvgIpc) is 2.72. The van der Waals surface area contributed by atoms with E-state index in [0.29, 0.717) is 16.9 Å². The van der Waals surface area contributed by atoms with Crippen molar-refractivity contribution in [3.8, 4) is 5.75 Å². The second-order valence-electron chi connectivity index (χ2n) is 7.11. The second-order valence-corrected chi connectivity index (χ2v) is 7.11. The van der Waals surface area contributed by atoms with Crippen LogP contribution in [0.15, 0.2) is 24.3 Å². The van der Waals surface area contributed by atoms with Gasteiger partial charge in [0.25, 0.3) is 0 Å². The molecule has 1 aromatic rings. The molecule has 2 fully saturated rings. The molecule has 3 atom stereocenters. The van der Waals surface area contributed by atoms with Crippen LogP contribution in [0.2, 0.25) is 0 Å². The summed E-state index contributed by atoms with van der Waals surface area (Å²) in [6.07, 6.45) is 5.11. The van der Waals surface area contributed by atoms with Crippen LogP contribution in [-0.2, 0) is 6.42 Å². The fourth-order valence-corrected chi connectivity index (χ4v) is 4.25. The van der Waals surface area contributed by atoms with Gasteiger partial charge in [-0.3, -0.25) is 0 Å². The molecule has 3 rings (SSSR count). The minimum atomic E-state index is 0.331. The molecule has 103 valence electrons. The lowest BCUT2D eigenvalue weighted by Crippen LogP contribution is -2.38. The number of hydrogen-bond donors (Lipinski definition) is 0. The number of hydrogen-bond acceptors (Lipinski definition) is 1. The van der Waals surface area contributed by atoms with Gasteiger partial charge in [-0.1, -0.05) is 32.9 Å². The van der Waals surface area contributed by atoms with Crippen LogP contribution in [0.25, 0.3) is 0 Å². The van der Waals surface area contributed by atoms with Gasteiger partial charge in [0.1, 0.15) is 11.9 Å². The Morgan fingerprint density at radius 1 is 1.32 bits per heavy atom. The third kappa shape index (κ3) is 1.81. The van der Waals surface area contributed by atoms with Gasteiger partial charge in [0, 0.05) is 5.41 Å². The third-order valence-electron chi connectivity index (χ3n) is 6.18. The molecule has 1 heteroatoms. The molecule has 2 bridgehead atoms. The highest BCUT2D eigenvalue weighted by Gasteiger charge is 2.62. The van der Waals surface area contributed by atoms with Gasteiger partial charge in [-0.15, -0.1) is 0 Å². The summed E-state index contributed by atoms with van der Waals surface area (Å²) in [7, 11) is 0. The van der Waals surface area contributed by atoms with Crippen molar-refractivity contribution in [3.63, 3.8) is 0 Å². The SMILES string of the molecule is [CH2]Cc1cccc(OC2CC3CCC2(C)C3(C)C)c1. The standard InChI is InChI=1S/C18H25O/c1-5-13-7-6-8-15(11-13)19-16-12-14-9-10-18(16,4)17(14,2)3/h6-8,11,14,16H,1,5,9-10,12H2,2-4H3. The van der Waals surface area contributed by atoms with Crippen LogP contribution < -0.4 is 4.74 Å². The number of ether oxygens (including phenoxy) is 1. The van der Waals surface area contributed by atoms with E-state index in [1.54, 1.807) is 0 Å². The minimum absolute atomic E-state index is 0.331. The Labute approximate surface area is 117 Å². The molecule has 1 radical (unpaired) electrons. The Hall–Kier alpha value is -0.980. The molecule has 0 spiro atoms. The van der Waals surface area contributed by atoms with Crippen molar-refractivity contribution in [1.82, 2.24) is 0 Å². The molecule has 0 amide bonds. The van der Waals surface area contributed by atoms with Crippen molar-refractivity contribution in [2.45, 2.75) is 52.6 Å². The van der Waals surface area contributed by atoms with Gasteiger partial charge in [0.15, 0.2) is 0 Å². The molecule has 0 aliphatic heterocycles. The topological polar surface area (TPSA) is 9.23 Å². The van der Waals surface area contributed by atoms with Gasteiger partial charge < -0.3 is 4.74 Å². The fourth-order valence-electron chi connectivity index (χ4n) is 4.25. The third-order valence-corrected chi connectivity index (χ3v) is 6.18. The molecular formula is C18H25O. The lowest BCUT2D eigenvalue weighted by atomic mass is 9.70. The minimum Gasteiger partial charge on any atom is -0.490 e. The summed E-state index contributed by atoms with van der Waals surface area (Å²) in [5.41, 5.74) is 2.00. The Balaban J connectivity index is 1.82. The van der Waals surface area contributed by atoms with Crippen LogP contribution in [0.4, 0.5) is 0 Å². The molecule has 2 aliphatic carbocycles. The maximum absolute atomic E-state index is 6.36. The summed E-state index contributed by atoms with van der Waals surface area (Å²) in [6.45, 7) is 11.2. The van der Waals surface area contributed by atoms with E-state index in [0.717, 1.165) is 18.1 Å². The Kier molecular flexibility index (Phi) is 2.92. The predicted octanol–water partition coefficient (Wildman–Crippen LogP) is 4.66. The first kappa shape index (κ1) is 13.0. The zero-order valence-electron chi connectivity index (χ0n) is 12.4. The summed E-state index contributed by atoms with van der Waals surface area (Å²) in [6, 6.07) is 8.43. The van der Waals surface area contributed by atoms with E-state index in [2.05, 4.69) is 52.0 Å². The first-order chi connectivity index (χ1) is 8.97. The van der Waals surface area contributed by atoms with Crippen LogP contribution >= 0.6 is 0 Å². The number of fused-ring (bicyclic) bond motifs is 2. The van der Waals surface area contributed by atoms with Gasteiger partial charge in [0.05, 0.1) is 0 Å². The molecule has 0 N–H and O–H groups in total. The predicted molar refractivity (Wildman–Crippen MR) is 79.1 cm³/mol. The highest BCUT2D eigenvalue weighted by molar-refractivity contribution is 5.30. The monoisotopic (exact) mass is 257 g/mol. The molecule has 19 heavy (non-hydrogen) atoms. The molecule has 2 aliphatic rings. The maximum atomic E-state index is 6.36. The zero-order chi connectivity index (χ0) is 13.7. The van der Waals surface area contributed by atoms with Crippen molar-refractivity contribution in [2.24, 2.45) is 16.7 Å². The number of rotatable bonds is 3. The van der Waals surface area contributed by atoms with Gasteiger partial charge in [-0.2, -0.15) is 0 Å². The summed E-state index contributed by atoms with van der Waals surface area (Å²) in [5.74, 6) is 1.86. The van der Waals surface area contributed by atoms with Gasteiger partial charge in [-0.05, 0) is 61.6 Å². The Morgan fingerprint density at radius 2 is 2.11 bits per heavy atom. The van der Waals surface area contributed by atoms with Crippen molar-refractivity contribution in [1.29, 1.82) is 0 Å². The molecule has 2 saturated carbocycles. The van der Waals surface area contributed by atoms with Crippen molar-refractivity contribution >= 4 is 0 Å². The summed E-state index contributed by atoms with van der Waals surface area (Å²) in [5, 5.41) is 0. The summed E-state index contributed by atoms with van der Waals surface area (Å²) >= 11 is 0. The van der Waals surface area contributed by atoms with E-state index in [4.69, 9.17) is 4.74 Å². The molecule has 1 nitrogen and oxygen atoms in total. The van der Waals surface area contributed by atoms with Gasteiger partial charge >= 0.3 is 0 Å². The van der Waals surface area contributed by atoms with Crippen LogP contribution in [-0.4, -0.2) is 6.10 Å². The largest absolute Gasteiger partial charge is 0.490 e. The van der Waals surface area contributed by atoms with E-state index in [1.165, 1.54) is 24.8 Å². The summed E-state index contributed by atoms with van der Waals surface area (Å²) < 4.78 is 6.36. The fraction of sp³-hybridized carbons (Fsp3) is 0.611. The van der Waals surface area contributed by atoms with E-state index in [1.807, 2.05) is 0 Å². The Morgan fingerprint density at radius 3 is 2.68 bits per heavy atom. The highest BCUT2D eigenvalue weighted by atomic mass is 16.5. The van der Waals surface area contributed by atoms with E-state index in [9.17, 15) is 0 Å². The quantitative estimate of drug-likeness (QED) is 0.765. The smallest absolute Gasteiger partial charge is 0.120 e. The molecule has 0 aromatic heterocycles. The van der Waals surface area contributed by atoms with Crippen molar-refractivity contribution in [3.05, 3.63) is 36.8 Å². The molecule has 0 saturated heterocycles. The number of benzene rings is 1. The van der Waals surface area contributed by atoms with Crippen molar-refractivity contribution in [2.75, 3.05) is 0 Å². The average molecular weight is 257 g/mol. The maximum Gasteiger partial charge on any atom is 0.120 e. The van der Waals surface area contributed by atoms with E-state index in [-0.39, 0.29) is 0 Å². The van der Waals surface area contributed by atoms with E-state index < -0.39 is 0 Å². The molecule has 1 aromatic carbocycles. The highest BCUT2D eigenvalue weighted by Crippen LogP contribution is 2.66. The van der Waals surface area contributed by atoms with Gasteiger partial charge in [-0.25, -0.2) is 0 Å². The first-order valence-corrected chi connectivity index (χ1v) is 7.52. The molecule has 0 heterocycles. The molecule has 3 unspecified atom stereocenters. The first-order valence-electron chi connectivity index (χ1n) is 7.52. The summed E-state index contributed by atoms with van der Waals surface area (Å²) in [4.78, 5) is 0. The van der Waals surface area contributed by atoms with Crippen LogP contribution in [0.1, 0.15) is 45.6 Å². The lowest BCUT2D eigenvalue weighted by molar-refractivity contribution is 0.0301. The second kappa shape index (κ2) is 4.26. The lowest BCUT2D eigenvalue weighted by Gasteiger charge is -2.38.